The second kappa shape index (κ2) is 3.93. The molecular weight excluding hydrogens is 145 g/mol. The highest BCUT2D eigenvalue weighted by Crippen LogP contribution is 2.10. The molecule has 3 N–H and O–H groups in total. The summed E-state index contributed by atoms with van der Waals surface area (Å²) in [6.07, 6.45) is 0. The molecule has 0 heterocycles. The lowest BCUT2D eigenvalue weighted by Gasteiger charge is -2.01. The zero-order valence-electron chi connectivity index (χ0n) is 6.22. The highest BCUT2D eigenvalue weighted by molar-refractivity contribution is 5.21. The number of hydrogen-bond acceptors (Lipinski definition) is 1. The number of rotatable bonds is 3. The zero-order chi connectivity index (χ0) is 8.10. The molecule has 0 saturated carbocycles. The van der Waals surface area contributed by atoms with Gasteiger partial charge in [0.25, 0.3) is 0 Å². The number of halogens is 1. The SMILES string of the molecule is [NH3+]CCOc1ccc(F)cc1. The summed E-state index contributed by atoms with van der Waals surface area (Å²) in [4.78, 5) is 0. The smallest absolute Gasteiger partial charge is 0.137 e. The molecular formula is C8H11FNO+. The van der Waals surface area contributed by atoms with Crippen LogP contribution >= 0.6 is 0 Å². The molecule has 0 aromatic heterocycles. The third-order valence-electron chi connectivity index (χ3n) is 1.23. The van der Waals surface area contributed by atoms with Crippen molar-refractivity contribution in [3.8, 4) is 5.75 Å². The highest BCUT2D eigenvalue weighted by Gasteiger charge is 1.92. The summed E-state index contributed by atoms with van der Waals surface area (Å²) >= 11 is 0. The first kappa shape index (κ1) is 8.01. The number of benzene rings is 1. The van der Waals surface area contributed by atoms with Crippen molar-refractivity contribution in [1.29, 1.82) is 0 Å². The van der Waals surface area contributed by atoms with Crippen LogP contribution in [0.5, 0.6) is 5.75 Å². The molecule has 0 aliphatic rings. The Labute approximate surface area is 64.8 Å². The summed E-state index contributed by atoms with van der Waals surface area (Å²) in [5.41, 5.74) is 3.62. The van der Waals surface area contributed by atoms with Crippen LogP contribution in [0.4, 0.5) is 4.39 Å². The van der Waals surface area contributed by atoms with Crippen LogP contribution in [0.25, 0.3) is 0 Å². The lowest BCUT2D eigenvalue weighted by molar-refractivity contribution is -0.370. The fraction of sp³-hybridized carbons (Fsp3) is 0.250. The van der Waals surface area contributed by atoms with Crippen LogP contribution in [-0.2, 0) is 0 Å². The van der Waals surface area contributed by atoms with Gasteiger partial charge in [-0.1, -0.05) is 0 Å². The fourth-order valence-electron chi connectivity index (χ4n) is 0.721. The summed E-state index contributed by atoms with van der Waals surface area (Å²) in [6.45, 7) is 1.29. The van der Waals surface area contributed by atoms with E-state index in [1.807, 2.05) is 0 Å². The number of quaternary nitrogens is 1. The van der Waals surface area contributed by atoms with Crippen molar-refractivity contribution < 1.29 is 14.9 Å². The van der Waals surface area contributed by atoms with Gasteiger partial charge in [-0.25, -0.2) is 4.39 Å². The first-order chi connectivity index (χ1) is 5.33. The Morgan fingerprint density at radius 1 is 1.27 bits per heavy atom. The maximum atomic E-state index is 12.3. The summed E-state index contributed by atoms with van der Waals surface area (Å²) in [7, 11) is 0. The third kappa shape index (κ3) is 2.55. The fourth-order valence-corrected chi connectivity index (χ4v) is 0.721. The normalized spacial score (nSPS) is 9.64. The third-order valence-corrected chi connectivity index (χ3v) is 1.23. The van der Waals surface area contributed by atoms with Gasteiger partial charge in [0.15, 0.2) is 0 Å². The quantitative estimate of drug-likeness (QED) is 0.677. The van der Waals surface area contributed by atoms with Crippen LogP contribution in [0.2, 0.25) is 0 Å². The molecule has 2 nitrogen and oxygen atoms in total. The van der Waals surface area contributed by atoms with Crippen molar-refractivity contribution in [3.05, 3.63) is 30.1 Å². The molecule has 0 unspecified atom stereocenters. The summed E-state index contributed by atoms with van der Waals surface area (Å²) in [5, 5.41) is 0. The van der Waals surface area contributed by atoms with E-state index in [-0.39, 0.29) is 5.82 Å². The minimum Gasteiger partial charge on any atom is -0.488 e. The number of ether oxygens (including phenoxy) is 1. The average molecular weight is 156 g/mol. The van der Waals surface area contributed by atoms with Gasteiger partial charge in [-0.05, 0) is 24.3 Å². The molecule has 0 spiro atoms. The van der Waals surface area contributed by atoms with Crippen LogP contribution in [0.1, 0.15) is 0 Å². The zero-order valence-corrected chi connectivity index (χ0v) is 6.22. The predicted octanol–water partition coefficient (Wildman–Crippen LogP) is 0.446. The van der Waals surface area contributed by atoms with E-state index in [0.29, 0.717) is 12.4 Å². The van der Waals surface area contributed by atoms with Crippen molar-refractivity contribution in [2.24, 2.45) is 0 Å². The van der Waals surface area contributed by atoms with E-state index < -0.39 is 0 Å². The lowest BCUT2D eigenvalue weighted by Crippen LogP contribution is -2.52. The maximum Gasteiger partial charge on any atom is 0.137 e. The van der Waals surface area contributed by atoms with E-state index in [9.17, 15) is 4.39 Å². The van der Waals surface area contributed by atoms with Crippen LogP contribution < -0.4 is 10.5 Å². The predicted molar refractivity (Wildman–Crippen MR) is 39.7 cm³/mol. The van der Waals surface area contributed by atoms with E-state index in [0.717, 1.165) is 6.54 Å². The number of hydrogen-bond donors (Lipinski definition) is 1. The lowest BCUT2D eigenvalue weighted by atomic mass is 10.3. The van der Waals surface area contributed by atoms with E-state index >= 15 is 0 Å². The molecule has 0 aliphatic heterocycles. The van der Waals surface area contributed by atoms with E-state index in [4.69, 9.17) is 4.74 Å². The topological polar surface area (TPSA) is 36.9 Å². The van der Waals surface area contributed by atoms with Gasteiger partial charge in [-0.3, -0.25) is 0 Å². The van der Waals surface area contributed by atoms with Crippen LogP contribution in [0, 0.1) is 5.82 Å². The van der Waals surface area contributed by atoms with E-state index in [1.54, 1.807) is 12.1 Å². The van der Waals surface area contributed by atoms with Gasteiger partial charge in [0.1, 0.15) is 24.7 Å². The summed E-state index contributed by atoms with van der Waals surface area (Å²) in [5.74, 6) is 0.446. The summed E-state index contributed by atoms with van der Waals surface area (Å²) < 4.78 is 17.5. The Bertz CT molecular complexity index is 210. The molecule has 0 bridgehead atoms. The molecule has 60 valence electrons. The highest BCUT2D eigenvalue weighted by atomic mass is 19.1. The van der Waals surface area contributed by atoms with Crippen LogP contribution in [0.15, 0.2) is 24.3 Å². The van der Waals surface area contributed by atoms with Gasteiger partial charge in [0.05, 0.1) is 0 Å². The van der Waals surface area contributed by atoms with Gasteiger partial charge in [0, 0.05) is 0 Å². The monoisotopic (exact) mass is 156 g/mol. The first-order valence-corrected chi connectivity index (χ1v) is 3.50. The molecule has 1 rings (SSSR count). The van der Waals surface area contributed by atoms with Crippen molar-refractivity contribution in [1.82, 2.24) is 0 Å². The molecule has 1 aromatic carbocycles. The van der Waals surface area contributed by atoms with Crippen molar-refractivity contribution in [2.45, 2.75) is 0 Å². The summed E-state index contributed by atoms with van der Waals surface area (Å²) in [6, 6.07) is 5.95. The minimum absolute atomic E-state index is 0.244. The molecule has 0 atom stereocenters. The second-order valence-corrected chi connectivity index (χ2v) is 2.16. The van der Waals surface area contributed by atoms with Gasteiger partial charge in [-0.15, -0.1) is 0 Å². The Hall–Kier alpha value is -1.09. The molecule has 1 aromatic rings. The minimum atomic E-state index is -0.244. The largest absolute Gasteiger partial charge is 0.488 e. The Kier molecular flexibility index (Phi) is 2.86. The standard InChI is InChI=1S/C8H10FNO/c9-7-1-3-8(4-2-7)11-6-5-10/h1-4H,5-6,10H2/p+1. The molecule has 0 aliphatic carbocycles. The average Bonchev–Trinajstić information content (AvgIpc) is 2.04. The Balaban J connectivity index is 2.52. The van der Waals surface area contributed by atoms with Gasteiger partial charge in [-0.2, -0.15) is 0 Å². The van der Waals surface area contributed by atoms with E-state index in [1.165, 1.54) is 12.1 Å². The van der Waals surface area contributed by atoms with Gasteiger partial charge < -0.3 is 10.5 Å². The van der Waals surface area contributed by atoms with Crippen LogP contribution in [0.3, 0.4) is 0 Å². The van der Waals surface area contributed by atoms with Crippen molar-refractivity contribution >= 4 is 0 Å². The first-order valence-electron chi connectivity index (χ1n) is 3.50. The maximum absolute atomic E-state index is 12.3. The molecule has 0 amide bonds. The molecule has 3 heteroatoms. The molecule has 0 saturated heterocycles. The Morgan fingerprint density at radius 3 is 2.45 bits per heavy atom. The molecule has 0 radical (unpaired) electrons. The van der Waals surface area contributed by atoms with Gasteiger partial charge >= 0.3 is 0 Å². The van der Waals surface area contributed by atoms with Crippen molar-refractivity contribution in [3.63, 3.8) is 0 Å². The molecule has 0 fully saturated rings. The Morgan fingerprint density at radius 2 is 1.91 bits per heavy atom. The molecule has 11 heavy (non-hydrogen) atoms. The van der Waals surface area contributed by atoms with Gasteiger partial charge in [0.2, 0.25) is 0 Å². The van der Waals surface area contributed by atoms with E-state index in [2.05, 4.69) is 5.73 Å². The van der Waals surface area contributed by atoms with Crippen LogP contribution in [-0.4, -0.2) is 13.2 Å². The second-order valence-electron chi connectivity index (χ2n) is 2.16. The van der Waals surface area contributed by atoms with Crippen molar-refractivity contribution in [2.75, 3.05) is 13.2 Å².